The van der Waals surface area contributed by atoms with Gasteiger partial charge in [0.05, 0.1) is 0 Å². The average molecular weight is 345 g/mol. The first-order chi connectivity index (χ1) is 11.3. The number of carbonyl (C=O) groups is 1. The van der Waals surface area contributed by atoms with E-state index in [0.29, 0.717) is 24.9 Å². The van der Waals surface area contributed by atoms with Crippen LogP contribution in [0.5, 0.6) is 0 Å². The molecule has 0 bridgehead atoms. The summed E-state index contributed by atoms with van der Waals surface area (Å²) in [6, 6.07) is 0. The molecule has 0 aromatic carbocycles. The lowest BCUT2D eigenvalue weighted by atomic mass is 9.87. The molecule has 0 spiro atoms. The van der Waals surface area contributed by atoms with Crippen molar-refractivity contribution < 1.29 is 24.6 Å². The van der Waals surface area contributed by atoms with Gasteiger partial charge in [-0.05, 0) is 37.5 Å². The second-order valence-corrected chi connectivity index (χ2v) is 6.83. The fraction of sp³-hybridized carbons (Fsp3) is 0.929. The molecule has 10 nitrogen and oxygen atoms in total. The minimum Gasteiger partial charge on any atom is -0.342 e. The summed E-state index contributed by atoms with van der Waals surface area (Å²) in [5.74, 6) is 0.235. The van der Waals surface area contributed by atoms with E-state index in [9.17, 15) is 25.0 Å². The van der Waals surface area contributed by atoms with E-state index < -0.39 is 28.3 Å². The second-order valence-electron chi connectivity index (χ2n) is 6.83. The summed E-state index contributed by atoms with van der Waals surface area (Å²) in [7, 11) is 0. The lowest BCUT2D eigenvalue weighted by Gasteiger charge is -2.36. The number of hydrogen-bond acceptors (Lipinski definition) is 7. The standard InChI is InChI=1S/C14H23N3O7/c1-9(2)10-4-3-5-15(8-10)14(18)11-6-12(23-16(19)20)13(7-11)24-17(21)22/h9-13H,3-8H2,1-2H3/t10-,11?,12-,13+/m0/s1. The average Bonchev–Trinajstić information content (AvgIpc) is 2.87. The number of carbonyl (C=O) groups excluding carboxylic acids is 1. The molecule has 0 aromatic heterocycles. The molecule has 1 amide bonds. The van der Waals surface area contributed by atoms with Crippen molar-refractivity contribution in [1.82, 2.24) is 4.90 Å². The van der Waals surface area contributed by atoms with Crippen LogP contribution in [0.15, 0.2) is 0 Å². The number of piperidine rings is 1. The van der Waals surface area contributed by atoms with Crippen LogP contribution in [0.3, 0.4) is 0 Å². The molecule has 136 valence electrons. The highest BCUT2D eigenvalue weighted by Gasteiger charge is 2.44. The van der Waals surface area contributed by atoms with Gasteiger partial charge < -0.3 is 14.6 Å². The van der Waals surface area contributed by atoms with Gasteiger partial charge in [-0.25, -0.2) is 0 Å². The van der Waals surface area contributed by atoms with E-state index in [1.165, 1.54) is 0 Å². The third-order valence-corrected chi connectivity index (χ3v) is 4.95. The monoisotopic (exact) mass is 345 g/mol. The summed E-state index contributed by atoms with van der Waals surface area (Å²) < 4.78 is 0. The van der Waals surface area contributed by atoms with Crippen LogP contribution < -0.4 is 0 Å². The molecule has 2 aliphatic rings. The van der Waals surface area contributed by atoms with E-state index in [-0.39, 0.29) is 18.7 Å². The van der Waals surface area contributed by atoms with Gasteiger partial charge in [-0.3, -0.25) is 4.79 Å². The maximum atomic E-state index is 12.7. The van der Waals surface area contributed by atoms with Crippen LogP contribution >= 0.6 is 0 Å². The van der Waals surface area contributed by atoms with Crippen LogP contribution in [0.25, 0.3) is 0 Å². The second kappa shape index (κ2) is 7.63. The molecule has 10 heteroatoms. The molecule has 0 radical (unpaired) electrons. The van der Waals surface area contributed by atoms with Crippen LogP contribution in [0, 0.1) is 38.0 Å². The molecule has 1 aliphatic carbocycles. The topological polar surface area (TPSA) is 125 Å². The minimum atomic E-state index is -1.09. The van der Waals surface area contributed by atoms with Crippen molar-refractivity contribution in [3.8, 4) is 0 Å². The molecule has 0 aromatic rings. The molecule has 1 aliphatic heterocycles. The Kier molecular flexibility index (Phi) is 5.79. The summed E-state index contributed by atoms with van der Waals surface area (Å²) in [4.78, 5) is 44.5. The first-order valence-electron chi connectivity index (χ1n) is 8.19. The Labute approximate surface area is 139 Å². The Hall–Kier alpha value is -2.13. The van der Waals surface area contributed by atoms with Crippen molar-refractivity contribution in [3.05, 3.63) is 20.2 Å². The molecule has 1 saturated carbocycles. The van der Waals surface area contributed by atoms with Gasteiger partial charge in [0.15, 0.2) is 0 Å². The smallest absolute Gasteiger partial charge is 0.294 e. The number of nitrogens with zero attached hydrogens (tertiary/aromatic N) is 3. The predicted molar refractivity (Wildman–Crippen MR) is 80.6 cm³/mol. The SMILES string of the molecule is CC(C)[C@H]1CCCN(C(=O)C2C[C@H](O[N+](=O)[O-])[C@H](O[N+](=O)[O-])C2)C1. The fourth-order valence-corrected chi connectivity index (χ4v) is 3.62. The lowest BCUT2D eigenvalue weighted by Crippen LogP contribution is -2.43. The largest absolute Gasteiger partial charge is 0.342 e. The number of likely N-dealkylation sites (tertiary alicyclic amines) is 1. The van der Waals surface area contributed by atoms with Crippen molar-refractivity contribution >= 4 is 5.91 Å². The predicted octanol–water partition coefficient (Wildman–Crippen LogP) is 1.44. The van der Waals surface area contributed by atoms with Crippen molar-refractivity contribution in [2.24, 2.45) is 17.8 Å². The zero-order chi connectivity index (χ0) is 17.9. The third-order valence-electron chi connectivity index (χ3n) is 4.95. The first-order valence-corrected chi connectivity index (χ1v) is 8.19. The van der Waals surface area contributed by atoms with Crippen LogP contribution in [0.4, 0.5) is 0 Å². The molecule has 4 atom stereocenters. The molecule has 2 rings (SSSR count). The summed E-state index contributed by atoms with van der Waals surface area (Å²) >= 11 is 0. The zero-order valence-corrected chi connectivity index (χ0v) is 13.8. The Morgan fingerprint density at radius 3 is 2.12 bits per heavy atom. The molecule has 0 N–H and O–H groups in total. The van der Waals surface area contributed by atoms with E-state index in [1.54, 1.807) is 4.90 Å². The Morgan fingerprint density at radius 1 is 1.12 bits per heavy atom. The quantitative estimate of drug-likeness (QED) is 0.527. The van der Waals surface area contributed by atoms with Gasteiger partial charge in [0.25, 0.3) is 10.2 Å². The number of hydrogen-bond donors (Lipinski definition) is 0. The van der Waals surface area contributed by atoms with E-state index in [2.05, 4.69) is 23.5 Å². The summed E-state index contributed by atoms with van der Waals surface area (Å²) in [6.07, 6.45) is -0.0745. The first kappa shape index (κ1) is 18.2. The Morgan fingerprint density at radius 2 is 1.67 bits per heavy atom. The van der Waals surface area contributed by atoms with Crippen LogP contribution in [0.1, 0.15) is 39.5 Å². The van der Waals surface area contributed by atoms with Crippen molar-refractivity contribution in [2.75, 3.05) is 13.1 Å². The maximum Gasteiger partial charge on any atom is 0.294 e. The molecule has 1 heterocycles. The molecule has 2 fully saturated rings. The fourth-order valence-electron chi connectivity index (χ4n) is 3.62. The van der Waals surface area contributed by atoms with E-state index in [1.807, 2.05) is 0 Å². The third kappa shape index (κ3) is 4.45. The highest BCUT2D eigenvalue weighted by molar-refractivity contribution is 5.79. The van der Waals surface area contributed by atoms with Crippen molar-refractivity contribution in [2.45, 2.75) is 51.7 Å². The van der Waals surface area contributed by atoms with Gasteiger partial charge >= 0.3 is 0 Å². The molecule has 24 heavy (non-hydrogen) atoms. The van der Waals surface area contributed by atoms with E-state index >= 15 is 0 Å². The van der Waals surface area contributed by atoms with Crippen molar-refractivity contribution in [1.29, 1.82) is 0 Å². The normalized spacial score (nSPS) is 30.2. The molecular formula is C14H23N3O7. The lowest BCUT2D eigenvalue weighted by molar-refractivity contribution is -0.797. The van der Waals surface area contributed by atoms with Crippen LogP contribution in [-0.2, 0) is 14.5 Å². The highest BCUT2D eigenvalue weighted by atomic mass is 17.0. The number of rotatable bonds is 6. The van der Waals surface area contributed by atoms with E-state index in [4.69, 9.17) is 0 Å². The number of amides is 1. The zero-order valence-electron chi connectivity index (χ0n) is 13.8. The highest BCUT2D eigenvalue weighted by Crippen LogP contribution is 2.34. The van der Waals surface area contributed by atoms with Gasteiger partial charge in [0.1, 0.15) is 12.2 Å². The Balaban J connectivity index is 2.01. The van der Waals surface area contributed by atoms with Gasteiger partial charge in [0, 0.05) is 19.0 Å². The summed E-state index contributed by atoms with van der Waals surface area (Å²) in [5.41, 5.74) is 0. The summed E-state index contributed by atoms with van der Waals surface area (Å²) in [6.45, 7) is 5.56. The van der Waals surface area contributed by atoms with E-state index in [0.717, 1.165) is 12.8 Å². The molecular weight excluding hydrogens is 322 g/mol. The van der Waals surface area contributed by atoms with Gasteiger partial charge in [-0.2, -0.15) is 0 Å². The van der Waals surface area contributed by atoms with Crippen LogP contribution in [0.2, 0.25) is 0 Å². The minimum absolute atomic E-state index is 0.0567. The van der Waals surface area contributed by atoms with Crippen LogP contribution in [-0.4, -0.2) is 46.3 Å². The summed E-state index contributed by atoms with van der Waals surface area (Å²) in [5, 5.41) is 19.1. The van der Waals surface area contributed by atoms with Gasteiger partial charge in [-0.15, -0.1) is 20.2 Å². The molecule has 1 saturated heterocycles. The Bertz CT molecular complexity index is 475. The molecule has 1 unspecified atom stereocenters. The maximum absolute atomic E-state index is 12.7. The van der Waals surface area contributed by atoms with Gasteiger partial charge in [0.2, 0.25) is 5.91 Å². The van der Waals surface area contributed by atoms with Gasteiger partial charge in [-0.1, -0.05) is 13.8 Å². The van der Waals surface area contributed by atoms with Crippen molar-refractivity contribution in [3.63, 3.8) is 0 Å².